The maximum atomic E-state index is 12.5. The van der Waals surface area contributed by atoms with Crippen LogP contribution in [0.1, 0.15) is 35.8 Å². The molecule has 1 saturated heterocycles. The summed E-state index contributed by atoms with van der Waals surface area (Å²) in [6, 6.07) is 8.49. The number of aryl methyl sites for hydroxylation is 1. The van der Waals surface area contributed by atoms with Gasteiger partial charge in [-0.2, -0.15) is 0 Å². The summed E-state index contributed by atoms with van der Waals surface area (Å²) in [5.74, 6) is 0.364. The molecule has 5 heteroatoms. The number of carbonyl (C=O) groups excluding carboxylic acids is 1. The summed E-state index contributed by atoms with van der Waals surface area (Å²) in [4.78, 5) is 16.6. The fourth-order valence-corrected chi connectivity index (χ4v) is 2.83. The van der Waals surface area contributed by atoms with Crippen LogP contribution in [0, 0.1) is 6.92 Å². The highest BCUT2D eigenvalue weighted by atomic mass is 16.3. The molecule has 0 aliphatic carbocycles. The number of nitrogens with one attached hydrogen (secondary N) is 2. The fourth-order valence-electron chi connectivity index (χ4n) is 2.83. The van der Waals surface area contributed by atoms with Gasteiger partial charge in [-0.15, -0.1) is 0 Å². The molecule has 1 aliphatic heterocycles. The molecule has 1 aromatic heterocycles. The first-order valence-corrected chi connectivity index (χ1v) is 7.68. The minimum Gasteiger partial charge on any atom is -0.443 e. The largest absolute Gasteiger partial charge is 0.443 e. The first-order valence-electron chi connectivity index (χ1n) is 7.68. The zero-order chi connectivity index (χ0) is 15.5. The lowest BCUT2D eigenvalue weighted by atomic mass is 10.0. The van der Waals surface area contributed by atoms with Gasteiger partial charge in [0.2, 0.25) is 0 Å². The van der Waals surface area contributed by atoms with Gasteiger partial charge in [0.05, 0.1) is 0 Å². The van der Waals surface area contributed by atoms with Crippen LogP contribution in [-0.4, -0.2) is 29.5 Å². The van der Waals surface area contributed by atoms with E-state index in [1.807, 2.05) is 31.2 Å². The molecular weight excluding hydrogens is 278 g/mol. The monoisotopic (exact) mass is 299 g/mol. The van der Waals surface area contributed by atoms with Crippen LogP contribution in [0.2, 0.25) is 0 Å². The summed E-state index contributed by atoms with van der Waals surface area (Å²) < 4.78 is 5.44. The lowest BCUT2D eigenvalue weighted by molar-refractivity contribution is 0.0921. The number of amides is 1. The van der Waals surface area contributed by atoms with E-state index in [9.17, 15) is 4.79 Å². The van der Waals surface area contributed by atoms with Gasteiger partial charge in [-0.25, -0.2) is 4.98 Å². The molecule has 2 atom stereocenters. The van der Waals surface area contributed by atoms with Gasteiger partial charge >= 0.3 is 0 Å². The van der Waals surface area contributed by atoms with Crippen molar-refractivity contribution in [2.45, 2.75) is 38.8 Å². The van der Waals surface area contributed by atoms with Crippen LogP contribution in [0.15, 0.2) is 35.1 Å². The molecule has 116 valence electrons. The van der Waals surface area contributed by atoms with E-state index >= 15 is 0 Å². The van der Waals surface area contributed by atoms with Gasteiger partial charge in [0.1, 0.15) is 0 Å². The highest BCUT2D eigenvalue weighted by molar-refractivity contribution is 5.97. The van der Waals surface area contributed by atoms with E-state index in [0.29, 0.717) is 17.5 Å². The molecule has 22 heavy (non-hydrogen) atoms. The molecule has 2 aromatic rings. The van der Waals surface area contributed by atoms with E-state index in [0.717, 1.165) is 30.5 Å². The molecule has 2 heterocycles. The zero-order valence-corrected chi connectivity index (χ0v) is 12.9. The first-order chi connectivity index (χ1) is 10.6. The average molecular weight is 299 g/mol. The van der Waals surface area contributed by atoms with Gasteiger partial charge in [0, 0.05) is 17.6 Å². The second kappa shape index (κ2) is 6.32. The minimum absolute atomic E-state index is 0.163. The summed E-state index contributed by atoms with van der Waals surface area (Å²) in [6.45, 7) is 5.08. The lowest BCUT2D eigenvalue weighted by Gasteiger charge is -2.28. The average Bonchev–Trinajstić information content (AvgIpc) is 2.97. The predicted molar refractivity (Wildman–Crippen MR) is 84.6 cm³/mol. The van der Waals surface area contributed by atoms with Crippen LogP contribution in [0.25, 0.3) is 11.3 Å². The van der Waals surface area contributed by atoms with Crippen LogP contribution in [0.4, 0.5) is 0 Å². The molecule has 2 unspecified atom stereocenters. The summed E-state index contributed by atoms with van der Waals surface area (Å²) in [7, 11) is 0. The van der Waals surface area contributed by atoms with Crippen molar-refractivity contribution in [2.24, 2.45) is 0 Å². The highest BCUT2D eigenvalue weighted by Gasteiger charge is 2.24. The van der Waals surface area contributed by atoms with Gasteiger partial charge < -0.3 is 15.1 Å². The number of hydrogen-bond acceptors (Lipinski definition) is 4. The molecule has 2 N–H and O–H groups in total. The van der Waals surface area contributed by atoms with E-state index < -0.39 is 0 Å². The van der Waals surface area contributed by atoms with Crippen molar-refractivity contribution in [3.05, 3.63) is 41.9 Å². The number of benzene rings is 1. The molecule has 0 bridgehead atoms. The predicted octanol–water partition coefficient (Wildman–Crippen LogP) is 2.52. The summed E-state index contributed by atoms with van der Waals surface area (Å²) in [5, 5.41) is 6.45. The second-order valence-corrected chi connectivity index (χ2v) is 5.95. The van der Waals surface area contributed by atoms with Crippen molar-refractivity contribution < 1.29 is 9.21 Å². The van der Waals surface area contributed by atoms with Crippen LogP contribution in [0.5, 0.6) is 0 Å². The molecule has 5 nitrogen and oxygen atoms in total. The summed E-state index contributed by atoms with van der Waals surface area (Å²) in [6.07, 6.45) is 3.20. The topological polar surface area (TPSA) is 67.2 Å². The molecule has 1 fully saturated rings. The number of oxazole rings is 1. The first kappa shape index (κ1) is 14.8. The second-order valence-electron chi connectivity index (χ2n) is 5.95. The van der Waals surface area contributed by atoms with Crippen molar-refractivity contribution in [3.63, 3.8) is 0 Å². The quantitative estimate of drug-likeness (QED) is 0.914. The highest BCUT2D eigenvalue weighted by Crippen LogP contribution is 2.23. The Kier molecular flexibility index (Phi) is 4.24. The maximum Gasteiger partial charge on any atom is 0.274 e. The minimum atomic E-state index is -0.163. The number of nitrogens with zero attached hydrogens (tertiary/aromatic N) is 1. The molecule has 1 amide bonds. The summed E-state index contributed by atoms with van der Waals surface area (Å²) >= 11 is 0. The van der Waals surface area contributed by atoms with Crippen LogP contribution in [0.3, 0.4) is 0 Å². The SMILES string of the molecule is Cc1ccc(-c2ocnc2C(=O)NC2CCNC(C)C2)cc1. The molecule has 1 aliphatic rings. The maximum absolute atomic E-state index is 12.5. The molecule has 1 aromatic carbocycles. The third-order valence-corrected chi connectivity index (χ3v) is 4.06. The Labute approximate surface area is 130 Å². The van der Waals surface area contributed by atoms with Crippen molar-refractivity contribution in [1.82, 2.24) is 15.6 Å². The van der Waals surface area contributed by atoms with E-state index in [4.69, 9.17) is 4.42 Å². The van der Waals surface area contributed by atoms with Crippen LogP contribution in [-0.2, 0) is 0 Å². The van der Waals surface area contributed by atoms with Crippen molar-refractivity contribution in [3.8, 4) is 11.3 Å². The van der Waals surface area contributed by atoms with Crippen molar-refractivity contribution >= 4 is 5.91 Å². The Morgan fingerprint density at radius 3 is 2.86 bits per heavy atom. The Hall–Kier alpha value is -2.14. The van der Waals surface area contributed by atoms with Crippen LogP contribution < -0.4 is 10.6 Å². The lowest BCUT2D eigenvalue weighted by Crippen LogP contribution is -2.46. The van der Waals surface area contributed by atoms with Gasteiger partial charge in [-0.3, -0.25) is 4.79 Å². The van der Waals surface area contributed by atoms with Gasteiger partial charge in [0.15, 0.2) is 17.8 Å². The zero-order valence-electron chi connectivity index (χ0n) is 12.9. The number of carbonyl (C=O) groups is 1. The Balaban J connectivity index is 1.76. The number of aromatic nitrogens is 1. The van der Waals surface area contributed by atoms with E-state index in [2.05, 4.69) is 22.5 Å². The summed E-state index contributed by atoms with van der Waals surface area (Å²) in [5.41, 5.74) is 2.39. The standard InChI is InChI=1S/C17H21N3O2/c1-11-3-5-13(6-4-11)16-15(19-10-22-16)17(21)20-14-7-8-18-12(2)9-14/h3-6,10,12,14,18H,7-9H2,1-2H3,(H,20,21). The van der Waals surface area contributed by atoms with Gasteiger partial charge in [0.25, 0.3) is 5.91 Å². The molecule has 0 saturated carbocycles. The number of rotatable bonds is 3. The Bertz CT molecular complexity index is 648. The Morgan fingerprint density at radius 2 is 2.14 bits per heavy atom. The Morgan fingerprint density at radius 1 is 1.36 bits per heavy atom. The fraction of sp³-hybridized carbons (Fsp3) is 0.412. The normalized spacial score (nSPS) is 21.5. The number of hydrogen-bond donors (Lipinski definition) is 2. The van der Waals surface area contributed by atoms with Crippen molar-refractivity contribution in [2.75, 3.05) is 6.54 Å². The van der Waals surface area contributed by atoms with E-state index in [1.54, 1.807) is 0 Å². The number of piperidine rings is 1. The molecule has 3 rings (SSSR count). The van der Waals surface area contributed by atoms with Crippen molar-refractivity contribution in [1.29, 1.82) is 0 Å². The third-order valence-electron chi connectivity index (χ3n) is 4.06. The van der Waals surface area contributed by atoms with E-state index in [-0.39, 0.29) is 11.9 Å². The van der Waals surface area contributed by atoms with E-state index in [1.165, 1.54) is 6.39 Å². The molecule has 0 spiro atoms. The third kappa shape index (κ3) is 3.20. The molecule has 0 radical (unpaired) electrons. The molecular formula is C17H21N3O2. The van der Waals surface area contributed by atoms with Crippen LogP contribution >= 0.6 is 0 Å². The smallest absolute Gasteiger partial charge is 0.274 e. The van der Waals surface area contributed by atoms with Gasteiger partial charge in [-0.05, 0) is 33.2 Å². The van der Waals surface area contributed by atoms with Gasteiger partial charge in [-0.1, -0.05) is 29.8 Å².